The summed E-state index contributed by atoms with van der Waals surface area (Å²) in [7, 11) is 0. The molecule has 0 bridgehead atoms. The lowest BCUT2D eigenvalue weighted by atomic mass is 9.89. The molecule has 0 spiro atoms. The van der Waals surface area contributed by atoms with Crippen molar-refractivity contribution in [2.24, 2.45) is 0 Å². The Labute approximate surface area is 77.5 Å². The number of rotatable bonds is 2. The van der Waals surface area contributed by atoms with Crippen LogP contribution in [0.5, 0.6) is 0 Å². The van der Waals surface area contributed by atoms with E-state index in [4.69, 9.17) is 4.74 Å². The van der Waals surface area contributed by atoms with Gasteiger partial charge in [0.25, 0.3) is 0 Å². The van der Waals surface area contributed by atoms with Gasteiger partial charge in [-0.15, -0.1) is 0 Å². The average molecular weight is 185 g/mol. The summed E-state index contributed by atoms with van der Waals surface area (Å²) in [5.74, 6) is -0.725. The molecule has 0 aromatic heterocycles. The number of aliphatic carboxylic acids is 1. The number of hydrogen-bond donors (Lipinski definition) is 1. The molecule has 2 heterocycles. The molecule has 2 aliphatic rings. The van der Waals surface area contributed by atoms with Gasteiger partial charge in [0.1, 0.15) is 5.54 Å². The Kier molecular flexibility index (Phi) is 2.04. The number of nitrogens with zero attached hydrogens (tertiary/aromatic N) is 1. The third kappa shape index (κ3) is 1.16. The summed E-state index contributed by atoms with van der Waals surface area (Å²) in [5, 5.41) is 9.20. The molecule has 74 valence electrons. The van der Waals surface area contributed by atoms with Gasteiger partial charge in [0.2, 0.25) is 0 Å². The Morgan fingerprint density at radius 2 is 2.46 bits per heavy atom. The summed E-state index contributed by atoms with van der Waals surface area (Å²) < 4.78 is 5.20. The van der Waals surface area contributed by atoms with Crippen LogP contribution < -0.4 is 0 Å². The van der Waals surface area contributed by atoms with E-state index in [1.165, 1.54) is 0 Å². The maximum Gasteiger partial charge on any atom is 0.326 e. The highest BCUT2D eigenvalue weighted by Gasteiger charge is 2.51. The highest BCUT2D eigenvalue weighted by Crippen LogP contribution is 2.34. The van der Waals surface area contributed by atoms with Crippen LogP contribution in [0.1, 0.15) is 19.8 Å². The zero-order valence-corrected chi connectivity index (χ0v) is 7.82. The summed E-state index contributed by atoms with van der Waals surface area (Å²) in [6.45, 7) is 3.91. The fourth-order valence-electron chi connectivity index (χ4n) is 2.22. The summed E-state index contributed by atoms with van der Waals surface area (Å²) >= 11 is 0. The van der Waals surface area contributed by atoms with E-state index in [0.29, 0.717) is 25.7 Å². The second kappa shape index (κ2) is 2.96. The van der Waals surface area contributed by atoms with E-state index < -0.39 is 11.5 Å². The molecule has 2 aliphatic heterocycles. The molecule has 2 rings (SSSR count). The van der Waals surface area contributed by atoms with E-state index in [0.717, 1.165) is 13.0 Å². The first-order valence-electron chi connectivity index (χ1n) is 4.75. The lowest BCUT2D eigenvalue weighted by Crippen LogP contribution is -2.64. The number of carbonyl (C=O) groups is 1. The molecule has 0 aliphatic carbocycles. The molecular formula is C9H15NO3. The maximum atomic E-state index is 11.2. The Hall–Kier alpha value is -0.610. The van der Waals surface area contributed by atoms with Crippen molar-refractivity contribution in [2.45, 2.75) is 31.3 Å². The van der Waals surface area contributed by atoms with Gasteiger partial charge in [-0.2, -0.15) is 0 Å². The maximum absolute atomic E-state index is 11.2. The van der Waals surface area contributed by atoms with E-state index in [-0.39, 0.29) is 0 Å². The van der Waals surface area contributed by atoms with Gasteiger partial charge in [0.15, 0.2) is 0 Å². The van der Waals surface area contributed by atoms with E-state index in [2.05, 4.69) is 11.8 Å². The van der Waals surface area contributed by atoms with Crippen molar-refractivity contribution in [3.05, 3.63) is 0 Å². The second-order valence-corrected chi connectivity index (χ2v) is 3.97. The van der Waals surface area contributed by atoms with Crippen molar-refractivity contribution in [3.63, 3.8) is 0 Å². The predicted octanol–water partition coefficient (Wildman–Crippen LogP) is 0.324. The van der Waals surface area contributed by atoms with E-state index in [1.54, 1.807) is 0 Å². The zero-order valence-electron chi connectivity index (χ0n) is 7.82. The van der Waals surface area contributed by atoms with Crippen LogP contribution in [-0.4, -0.2) is 47.3 Å². The molecule has 0 aromatic carbocycles. The molecule has 2 fully saturated rings. The van der Waals surface area contributed by atoms with E-state index in [1.807, 2.05) is 0 Å². The van der Waals surface area contributed by atoms with Crippen LogP contribution in [0.2, 0.25) is 0 Å². The minimum atomic E-state index is -0.725. The monoisotopic (exact) mass is 185 g/mol. The van der Waals surface area contributed by atoms with Crippen LogP contribution in [-0.2, 0) is 9.53 Å². The Bertz CT molecular complexity index is 223. The number of carboxylic acid groups (broad SMARTS) is 1. The molecule has 13 heavy (non-hydrogen) atoms. The quantitative estimate of drug-likeness (QED) is 0.673. The van der Waals surface area contributed by atoms with Gasteiger partial charge in [0.05, 0.1) is 6.61 Å². The minimum Gasteiger partial charge on any atom is -0.480 e. The van der Waals surface area contributed by atoms with Crippen LogP contribution in [0.25, 0.3) is 0 Å². The minimum absolute atomic E-state index is 0.354. The number of likely N-dealkylation sites (tertiary alicyclic amines) is 1. The van der Waals surface area contributed by atoms with Crippen LogP contribution in [0.3, 0.4) is 0 Å². The molecule has 0 saturated carbocycles. The van der Waals surface area contributed by atoms with Crippen molar-refractivity contribution in [1.82, 2.24) is 4.90 Å². The molecule has 2 saturated heterocycles. The third-order valence-corrected chi connectivity index (χ3v) is 3.27. The van der Waals surface area contributed by atoms with E-state index >= 15 is 0 Å². The fourth-order valence-corrected chi connectivity index (χ4v) is 2.22. The molecule has 2 atom stereocenters. The van der Waals surface area contributed by atoms with Crippen molar-refractivity contribution in [2.75, 3.05) is 19.8 Å². The van der Waals surface area contributed by atoms with Crippen molar-refractivity contribution in [1.29, 1.82) is 0 Å². The number of carboxylic acids is 1. The first-order chi connectivity index (χ1) is 6.17. The average Bonchev–Trinajstić information content (AvgIpc) is 2.52. The van der Waals surface area contributed by atoms with Crippen LogP contribution in [0.15, 0.2) is 0 Å². The third-order valence-electron chi connectivity index (χ3n) is 3.27. The van der Waals surface area contributed by atoms with Gasteiger partial charge >= 0.3 is 5.97 Å². The molecule has 0 aromatic rings. The molecule has 0 amide bonds. The Morgan fingerprint density at radius 1 is 1.69 bits per heavy atom. The summed E-state index contributed by atoms with van der Waals surface area (Å²) in [6.07, 6.45) is 1.74. The fraction of sp³-hybridized carbons (Fsp3) is 0.889. The normalized spacial score (nSPS) is 40.2. The van der Waals surface area contributed by atoms with Gasteiger partial charge in [-0.05, 0) is 13.3 Å². The summed E-state index contributed by atoms with van der Waals surface area (Å²) in [5.41, 5.74) is -0.711. The smallest absolute Gasteiger partial charge is 0.326 e. The van der Waals surface area contributed by atoms with Crippen molar-refractivity contribution < 1.29 is 14.6 Å². The number of ether oxygens (including phenoxy) is 1. The first kappa shape index (κ1) is 8.97. The second-order valence-electron chi connectivity index (χ2n) is 3.97. The summed E-state index contributed by atoms with van der Waals surface area (Å²) in [6, 6.07) is 0.401. The van der Waals surface area contributed by atoms with Gasteiger partial charge in [-0.1, -0.05) is 0 Å². The summed E-state index contributed by atoms with van der Waals surface area (Å²) in [4.78, 5) is 13.2. The molecule has 4 heteroatoms. The Balaban J connectivity index is 2.17. The molecule has 1 N–H and O–H groups in total. The standard InChI is InChI=1S/C9H15NO3/c1-7-2-4-10(7)9(8(11)12)3-5-13-6-9/h7H,2-6H2,1H3,(H,11,12). The van der Waals surface area contributed by atoms with Crippen molar-refractivity contribution >= 4 is 5.97 Å². The lowest BCUT2D eigenvalue weighted by Gasteiger charge is -2.48. The van der Waals surface area contributed by atoms with Crippen LogP contribution in [0.4, 0.5) is 0 Å². The first-order valence-corrected chi connectivity index (χ1v) is 4.75. The number of hydrogen-bond acceptors (Lipinski definition) is 3. The lowest BCUT2D eigenvalue weighted by molar-refractivity contribution is -0.158. The SMILES string of the molecule is CC1CCN1C1(C(=O)O)CCOC1. The largest absolute Gasteiger partial charge is 0.480 e. The van der Waals surface area contributed by atoms with Gasteiger partial charge < -0.3 is 9.84 Å². The zero-order chi connectivity index (χ0) is 9.47. The topological polar surface area (TPSA) is 49.8 Å². The highest BCUT2D eigenvalue weighted by molar-refractivity contribution is 5.79. The van der Waals surface area contributed by atoms with Crippen LogP contribution in [0, 0.1) is 0 Å². The molecule has 2 unspecified atom stereocenters. The molecular weight excluding hydrogens is 170 g/mol. The van der Waals surface area contributed by atoms with Gasteiger partial charge in [-0.25, -0.2) is 0 Å². The van der Waals surface area contributed by atoms with Gasteiger partial charge in [-0.3, -0.25) is 9.69 Å². The van der Waals surface area contributed by atoms with Crippen LogP contribution >= 0.6 is 0 Å². The molecule has 4 nitrogen and oxygen atoms in total. The van der Waals surface area contributed by atoms with Gasteiger partial charge in [0, 0.05) is 25.6 Å². The highest BCUT2D eigenvalue weighted by atomic mass is 16.5. The van der Waals surface area contributed by atoms with Crippen molar-refractivity contribution in [3.8, 4) is 0 Å². The van der Waals surface area contributed by atoms with E-state index in [9.17, 15) is 9.90 Å². The Morgan fingerprint density at radius 3 is 2.77 bits per heavy atom. The molecule has 0 radical (unpaired) electrons. The predicted molar refractivity (Wildman–Crippen MR) is 46.6 cm³/mol.